The summed E-state index contributed by atoms with van der Waals surface area (Å²) in [5.74, 6) is 0.198. The summed E-state index contributed by atoms with van der Waals surface area (Å²) >= 11 is 0. The van der Waals surface area contributed by atoms with Crippen molar-refractivity contribution in [1.82, 2.24) is 0 Å². The summed E-state index contributed by atoms with van der Waals surface area (Å²) in [6.45, 7) is 7.39. The first-order valence-corrected chi connectivity index (χ1v) is 6.13. The van der Waals surface area contributed by atoms with Gasteiger partial charge in [-0.2, -0.15) is 0 Å². The minimum absolute atomic E-state index is 0.198. The summed E-state index contributed by atoms with van der Waals surface area (Å²) in [7, 11) is -2.99. The summed E-state index contributed by atoms with van der Waals surface area (Å²) in [5.41, 5.74) is 0. The van der Waals surface area contributed by atoms with Gasteiger partial charge in [0.2, 0.25) is 0 Å². The first kappa shape index (κ1) is 10.5. The predicted molar refractivity (Wildman–Crippen MR) is 55.3 cm³/mol. The first-order valence-electron chi connectivity index (χ1n) is 4.52. The van der Waals surface area contributed by atoms with Gasteiger partial charge in [-0.1, -0.05) is 25.2 Å². The maximum absolute atomic E-state index is 11.8. The third-order valence-electron chi connectivity index (χ3n) is 2.61. The van der Waals surface area contributed by atoms with Gasteiger partial charge in [-0.3, -0.25) is 0 Å². The van der Waals surface area contributed by atoms with Crippen molar-refractivity contribution >= 4 is 9.84 Å². The van der Waals surface area contributed by atoms with E-state index in [-0.39, 0.29) is 16.4 Å². The Balaban J connectivity index is 3.03. The summed E-state index contributed by atoms with van der Waals surface area (Å²) in [5, 5.41) is -0.649. The second-order valence-corrected chi connectivity index (χ2v) is 5.89. The van der Waals surface area contributed by atoms with Crippen LogP contribution in [-0.2, 0) is 9.84 Å². The van der Waals surface area contributed by atoms with E-state index in [9.17, 15) is 8.42 Å². The molecule has 13 heavy (non-hydrogen) atoms. The van der Waals surface area contributed by atoms with Crippen LogP contribution in [0.1, 0.15) is 20.3 Å². The molecule has 1 aliphatic rings. The zero-order valence-electron chi connectivity index (χ0n) is 8.10. The van der Waals surface area contributed by atoms with Crippen LogP contribution < -0.4 is 0 Å². The Morgan fingerprint density at radius 2 is 2.08 bits per heavy atom. The fourth-order valence-corrected chi connectivity index (χ4v) is 4.31. The van der Waals surface area contributed by atoms with E-state index in [1.807, 2.05) is 13.8 Å². The number of hydrogen-bond donors (Lipinski definition) is 0. The van der Waals surface area contributed by atoms with Crippen molar-refractivity contribution in [2.45, 2.75) is 30.8 Å². The molecule has 3 unspecified atom stereocenters. The summed E-state index contributed by atoms with van der Waals surface area (Å²) in [6, 6.07) is 0. The number of hydrogen-bond acceptors (Lipinski definition) is 2. The van der Waals surface area contributed by atoms with E-state index >= 15 is 0 Å². The molecule has 3 atom stereocenters. The molecule has 1 aliphatic heterocycles. The average molecular weight is 200 g/mol. The molecule has 3 heteroatoms. The number of allylic oxidation sites excluding steroid dienone is 1. The highest BCUT2D eigenvalue weighted by atomic mass is 32.2. The van der Waals surface area contributed by atoms with Gasteiger partial charge in [-0.15, -0.1) is 6.58 Å². The second kappa shape index (κ2) is 3.66. The van der Waals surface area contributed by atoms with Crippen molar-refractivity contribution in [1.29, 1.82) is 0 Å². The molecule has 0 aromatic rings. The number of sulfone groups is 1. The van der Waals surface area contributed by atoms with Gasteiger partial charge in [0.1, 0.15) is 0 Å². The first-order chi connectivity index (χ1) is 6.04. The van der Waals surface area contributed by atoms with Gasteiger partial charge < -0.3 is 0 Å². The van der Waals surface area contributed by atoms with Crippen molar-refractivity contribution in [2.24, 2.45) is 5.92 Å². The van der Waals surface area contributed by atoms with Crippen LogP contribution >= 0.6 is 0 Å². The van der Waals surface area contributed by atoms with Crippen LogP contribution in [0.4, 0.5) is 0 Å². The van der Waals surface area contributed by atoms with Crippen molar-refractivity contribution < 1.29 is 8.42 Å². The molecule has 0 spiro atoms. The van der Waals surface area contributed by atoms with E-state index in [0.717, 1.165) is 6.42 Å². The minimum Gasteiger partial charge on any atom is -0.228 e. The quantitative estimate of drug-likeness (QED) is 0.638. The van der Waals surface area contributed by atoms with E-state index in [0.29, 0.717) is 0 Å². The van der Waals surface area contributed by atoms with Crippen LogP contribution in [0.2, 0.25) is 0 Å². The smallest absolute Gasteiger partial charge is 0.163 e. The van der Waals surface area contributed by atoms with Crippen LogP contribution in [0.15, 0.2) is 24.8 Å². The topological polar surface area (TPSA) is 34.1 Å². The highest BCUT2D eigenvalue weighted by molar-refractivity contribution is 7.93. The average Bonchev–Trinajstić information content (AvgIpc) is 2.23. The molecule has 0 aliphatic carbocycles. The lowest BCUT2D eigenvalue weighted by Crippen LogP contribution is -2.21. The molecular formula is C10H16O2S. The van der Waals surface area contributed by atoms with Gasteiger partial charge in [0.25, 0.3) is 0 Å². The molecule has 0 amide bonds. The van der Waals surface area contributed by atoms with E-state index in [1.165, 1.54) is 0 Å². The fraction of sp³-hybridized carbons (Fsp3) is 0.600. The maximum Gasteiger partial charge on any atom is 0.163 e. The molecule has 74 valence electrons. The summed E-state index contributed by atoms with van der Waals surface area (Å²) < 4.78 is 23.6. The van der Waals surface area contributed by atoms with Crippen LogP contribution in [0.25, 0.3) is 0 Å². The molecule has 0 aromatic heterocycles. The highest BCUT2D eigenvalue weighted by Crippen LogP contribution is 2.33. The van der Waals surface area contributed by atoms with Gasteiger partial charge in [-0.05, 0) is 19.3 Å². The lowest BCUT2D eigenvalue weighted by Gasteiger charge is -2.08. The standard InChI is InChI=1S/C10H16O2S/c1-4-6-9-7-8(3)10(5-2)13(9,11)12/h4-6,8-10H,2,7H2,1,3H3/b6-4+. The lowest BCUT2D eigenvalue weighted by molar-refractivity contribution is 0.578. The molecule has 2 nitrogen and oxygen atoms in total. The Morgan fingerprint density at radius 3 is 2.46 bits per heavy atom. The summed E-state index contributed by atoms with van der Waals surface area (Å²) in [6.07, 6.45) is 5.86. The highest BCUT2D eigenvalue weighted by Gasteiger charge is 2.42. The van der Waals surface area contributed by atoms with Crippen LogP contribution in [0.5, 0.6) is 0 Å². The molecule has 0 saturated carbocycles. The fourth-order valence-electron chi connectivity index (χ4n) is 1.93. The Labute approximate surface area is 80.3 Å². The maximum atomic E-state index is 11.8. The van der Waals surface area contributed by atoms with Crippen LogP contribution in [0, 0.1) is 5.92 Å². The Hall–Kier alpha value is -0.570. The van der Waals surface area contributed by atoms with Crippen LogP contribution in [0.3, 0.4) is 0 Å². The SMILES string of the molecule is C=CC1C(C)CC(/C=C/C)S1(=O)=O. The predicted octanol–water partition coefficient (Wildman–Crippen LogP) is 1.94. The molecule has 1 rings (SSSR count). The number of rotatable bonds is 2. The molecule has 0 radical (unpaired) electrons. The monoisotopic (exact) mass is 200 g/mol. The molecule has 1 saturated heterocycles. The normalized spacial score (nSPS) is 38.2. The van der Waals surface area contributed by atoms with Crippen molar-refractivity contribution in [3.05, 3.63) is 24.8 Å². The lowest BCUT2D eigenvalue weighted by atomic mass is 10.0. The largest absolute Gasteiger partial charge is 0.228 e. The summed E-state index contributed by atoms with van der Waals surface area (Å²) in [4.78, 5) is 0. The van der Waals surface area contributed by atoms with Gasteiger partial charge in [0.05, 0.1) is 10.5 Å². The van der Waals surface area contributed by atoms with Crippen molar-refractivity contribution in [3.8, 4) is 0 Å². The van der Waals surface area contributed by atoms with Gasteiger partial charge in [0, 0.05) is 0 Å². The van der Waals surface area contributed by atoms with Gasteiger partial charge >= 0.3 is 0 Å². The third kappa shape index (κ3) is 1.70. The van der Waals surface area contributed by atoms with Crippen molar-refractivity contribution in [2.75, 3.05) is 0 Å². The van der Waals surface area contributed by atoms with E-state index < -0.39 is 9.84 Å². The van der Waals surface area contributed by atoms with Gasteiger partial charge in [0.15, 0.2) is 9.84 Å². The Bertz CT molecular complexity index is 314. The molecule has 0 bridgehead atoms. The second-order valence-electron chi connectivity index (χ2n) is 3.57. The zero-order valence-corrected chi connectivity index (χ0v) is 8.92. The molecule has 0 N–H and O–H groups in total. The van der Waals surface area contributed by atoms with E-state index in [4.69, 9.17) is 0 Å². The Kier molecular flexibility index (Phi) is 2.96. The molecule has 1 heterocycles. The molecular weight excluding hydrogens is 184 g/mol. The minimum atomic E-state index is -2.99. The zero-order chi connectivity index (χ0) is 10.1. The molecule has 0 aromatic carbocycles. The third-order valence-corrected chi connectivity index (χ3v) is 5.22. The van der Waals surface area contributed by atoms with Crippen LogP contribution in [-0.4, -0.2) is 18.9 Å². The Morgan fingerprint density at radius 1 is 1.46 bits per heavy atom. The van der Waals surface area contributed by atoms with Gasteiger partial charge in [-0.25, -0.2) is 8.42 Å². The van der Waals surface area contributed by atoms with E-state index in [2.05, 4.69) is 6.58 Å². The van der Waals surface area contributed by atoms with E-state index in [1.54, 1.807) is 18.2 Å². The van der Waals surface area contributed by atoms with Crippen molar-refractivity contribution in [3.63, 3.8) is 0 Å². The molecule has 1 fully saturated rings.